The van der Waals surface area contributed by atoms with Crippen molar-refractivity contribution in [3.05, 3.63) is 29.8 Å². The molecule has 1 aromatic rings. The van der Waals surface area contributed by atoms with E-state index in [9.17, 15) is 18.4 Å². The first-order valence-corrected chi connectivity index (χ1v) is 8.74. The molecule has 138 valence electrons. The first-order valence-electron chi connectivity index (χ1n) is 8.74. The molecule has 4 nitrogen and oxygen atoms in total. The predicted octanol–water partition coefficient (Wildman–Crippen LogP) is 4.10. The van der Waals surface area contributed by atoms with Crippen molar-refractivity contribution in [2.24, 2.45) is 11.3 Å². The molecule has 0 amide bonds. The zero-order valence-corrected chi connectivity index (χ0v) is 14.7. The van der Waals surface area contributed by atoms with Crippen molar-refractivity contribution in [1.29, 1.82) is 0 Å². The number of carbonyl (C=O) groups excluding carboxylic acids is 2. The molecule has 0 spiro atoms. The molecular formula is C19H25F2NO3. The van der Waals surface area contributed by atoms with Crippen LogP contribution in [0.1, 0.15) is 46.0 Å². The van der Waals surface area contributed by atoms with Crippen LogP contribution in [0.15, 0.2) is 18.2 Å². The van der Waals surface area contributed by atoms with Crippen molar-refractivity contribution in [2.75, 3.05) is 18.5 Å². The molecule has 1 N–H and O–H groups in total. The van der Waals surface area contributed by atoms with Gasteiger partial charge in [-0.1, -0.05) is 6.42 Å². The second-order valence-corrected chi connectivity index (χ2v) is 6.74. The lowest BCUT2D eigenvalue weighted by Gasteiger charge is -2.38. The van der Waals surface area contributed by atoms with Gasteiger partial charge in [0, 0.05) is 24.2 Å². The van der Waals surface area contributed by atoms with Crippen molar-refractivity contribution in [3.63, 3.8) is 0 Å². The lowest BCUT2D eigenvalue weighted by molar-refractivity contribution is -0.159. The standard InChI is InChI=1S/C19H25F2NO3/c1-3-25-18(24)19(6-4-5-14(12-19)13(2)23)7-8-22-17-10-15(20)9-16(21)11-17/h9-11,14,22H,3-8,12H2,1-2H3/t14-,19+/m1/s1. The van der Waals surface area contributed by atoms with Gasteiger partial charge in [-0.05, 0) is 51.7 Å². The summed E-state index contributed by atoms with van der Waals surface area (Å²) in [5, 5.41) is 2.97. The summed E-state index contributed by atoms with van der Waals surface area (Å²) in [6.07, 6.45) is 3.17. The number of rotatable bonds is 7. The second kappa shape index (κ2) is 8.41. The molecule has 1 saturated carbocycles. The van der Waals surface area contributed by atoms with Gasteiger partial charge in [0.05, 0.1) is 12.0 Å². The summed E-state index contributed by atoms with van der Waals surface area (Å²) in [6.45, 7) is 3.96. The number of ketones is 1. The minimum absolute atomic E-state index is 0.0912. The number of ether oxygens (including phenoxy) is 1. The van der Waals surface area contributed by atoms with Gasteiger partial charge in [-0.3, -0.25) is 9.59 Å². The van der Waals surface area contributed by atoms with E-state index in [2.05, 4.69) is 5.32 Å². The largest absolute Gasteiger partial charge is 0.466 e. The Labute approximate surface area is 146 Å². The van der Waals surface area contributed by atoms with E-state index in [1.54, 1.807) is 13.8 Å². The third-order valence-corrected chi connectivity index (χ3v) is 4.92. The van der Waals surface area contributed by atoms with Gasteiger partial charge >= 0.3 is 5.97 Å². The molecule has 6 heteroatoms. The van der Waals surface area contributed by atoms with Gasteiger partial charge in [-0.15, -0.1) is 0 Å². The van der Waals surface area contributed by atoms with Gasteiger partial charge in [-0.2, -0.15) is 0 Å². The van der Waals surface area contributed by atoms with Crippen molar-refractivity contribution < 1.29 is 23.1 Å². The predicted molar refractivity (Wildman–Crippen MR) is 91.2 cm³/mol. The molecule has 0 saturated heterocycles. The molecule has 1 fully saturated rings. The number of anilines is 1. The fourth-order valence-corrected chi connectivity index (χ4v) is 3.61. The maximum Gasteiger partial charge on any atom is 0.312 e. The Bertz CT molecular complexity index is 615. The molecule has 0 aliphatic heterocycles. The maximum absolute atomic E-state index is 13.3. The first kappa shape index (κ1) is 19.3. The average Bonchev–Trinajstić information content (AvgIpc) is 2.54. The van der Waals surface area contributed by atoms with E-state index in [4.69, 9.17) is 4.74 Å². The van der Waals surface area contributed by atoms with Gasteiger partial charge < -0.3 is 10.1 Å². The van der Waals surface area contributed by atoms with Crippen molar-refractivity contribution >= 4 is 17.4 Å². The smallest absolute Gasteiger partial charge is 0.312 e. The SMILES string of the molecule is CCOC(=O)[C@]1(CCNc2cc(F)cc(F)c2)CCC[C@@H](C(C)=O)C1. The van der Waals surface area contributed by atoms with Crippen LogP contribution in [0, 0.1) is 23.0 Å². The number of carbonyl (C=O) groups is 2. The van der Waals surface area contributed by atoms with Crippen LogP contribution in [-0.2, 0) is 14.3 Å². The molecule has 2 rings (SSSR count). The van der Waals surface area contributed by atoms with Crippen molar-refractivity contribution in [2.45, 2.75) is 46.0 Å². The zero-order chi connectivity index (χ0) is 18.4. The minimum atomic E-state index is -0.719. The molecule has 0 heterocycles. The normalized spacial score (nSPS) is 23.1. The van der Waals surface area contributed by atoms with E-state index in [-0.39, 0.29) is 24.3 Å². The first-order chi connectivity index (χ1) is 11.9. The Morgan fingerprint density at radius 3 is 2.56 bits per heavy atom. The fourth-order valence-electron chi connectivity index (χ4n) is 3.61. The Balaban J connectivity index is 2.08. The molecule has 1 aliphatic carbocycles. The number of halogens is 2. The summed E-state index contributed by atoms with van der Waals surface area (Å²) in [4.78, 5) is 24.3. The fraction of sp³-hybridized carbons (Fsp3) is 0.579. The summed E-state index contributed by atoms with van der Waals surface area (Å²) >= 11 is 0. The second-order valence-electron chi connectivity index (χ2n) is 6.74. The molecule has 1 aliphatic rings. The number of benzene rings is 1. The number of esters is 1. The number of nitrogens with one attached hydrogen (secondary N) is 1. The minimum Gasteiger partial charge on any atom is -0.466 e. The monoisotopic (exact) mass is 353 g/mol. The third kappa shape index (κ3) is 5.00. The van der Waals surface area contributed by atoms with Crippen LogP contribution < -0.4 is 5.32 Å². The van der Waals surface area contributed by atoms with Crippen molar-refractivity contribution in [3.8, 4) is 0 Å². The van der Waals surface area contributed by atoms with Gasteiger partial charge in [0.2, 0.25) is 0 Å². The van der Waals surface area contributed by atoms with E-state index in [1.807, 2.05) is 0 Å². The van der Waals surface area contributed by atoms with E-state index in [1.165, 1.54) is 12.1 Å². The summed E-state index contributed by atoms with van der Waals surface area (Å²) < 4.78 is 31.8. The topological polar surface area (TPSA) is 55.4 Å². The average molecular weight is 353 g/mol. The van der Waals surface area contributed by atoms with Gasteiger partial charge in [0.25, 0.3) is 0 Å². The van der Waals surface area contributed by atoms with E-state index >= 15 is 0 Å². The molecule has 0 aromatic heterocycles. The molecule has 25 heavy (non-hydrogen) atoms. The number of Topliss-reactive ketones (excluding diaryl/α,β-unsaturated/α-hetero) is 1. The maximum atomic E-state index is 13.3. The molecule has 1 aromatic carbocycles. The summed E-state index contributed by atoms with van der Waals surface area (Å²) in [7, 11) is 0. The lowest BCUT2D eigenvalue weighted by atomic mass is 9.67. The highest BCUT2D eigenvalue weighted by atomic mass is 19.1. The number of hydrogen-bond donors (Lipinski definition) is 1. The summed E-state index contributed by atoms with van der Waals surface area (Å²) in [5.41, 5.74) is -0.390. The van der Waals surface area contributed by atoms with E-state index in [0.717, 1.165) is 18.9 Å². The quantitative estimate of drug-likeness (QED) is 0.750. The summed E-state index contributed by atoms with van der Waals surface area (Å²) in [6, 6.07) is 3.22. The Morgan fingerprint density at radius 1 is 1.28 bits per heavy atom. The highest BCUT2D eigenvalue weighted by Gasteiger charge is 2.44. The van der Waals surface area contributed by atoms with Crippen LogP contribution >= 0.6 is 0 Å². The van der Waals surface area contributed by atoms with Gasteiger partial charge in [-0.25, -0.2) is 8.78 Å². The van der Waals surface area contributed by atoms with Crippen LogP contribution in [-0.4, -0.2) is 24.9 Å². The molecular weight excluding hydrogens is 328 g/mol. The molecule has 0 radical (unpaired) electrons. The van der Waals surface area contributed by atoms with Crippen molar-refractivity contribution in [1.82, 2.24) is 0 Å². The highest BCUT2D eigenvalue weighted by Crippen LogP contribution is 2.43. The van der Waals surface area contributed by atoms with Crippen LogP contribution in [0.5, 0.6) is 0 Å². The van der Waals surface area contributed by atoms with Crippen LogP contribution in [0.2, 0.25) is 0 Å². The third-order valence-electron chi connectivity index (χ3n) is 4.92. The Kier molecular flexibility index (Phi) is 6.51. The van der Waals surface area contributed by atoms with Gasteiger partial charge in [0.1, 0.15) is 17.4 Å². The van der Waals surface area contributed by atoms with Crippen LogP contribution in [0.3, 0.4) is 0 Å². The van der Waals surface area contributed by atoms with E-state index in [0.29, 0.717) is 31.5 Å². The number of hydrogen-bond acceptors (Lipinski definition) is 4. The zero-order valence-electron chi connectivity index (χ0n) is 14.7. The molecule has 2 atom stereocenters. The summed E-state index contributed by atoms with van der Waals surface area (Å²) in [5.74, 6) is -1.64. The van der Waals surface area contributed by atoms with Crippen LogP contribution in [0.25, 0.3) is 0 Å². The molecule has 0 bridgehead atoms. The molecule has 0 unspecified atom stereocenters. The van der Waals surface area contributed by atoms with Crippen LogP contribution in [0.4, 0.5) is 14.5 Å². The Morgan fingerprint density at radius 2 is 1.96 bits per heavy atom. The lowest BCUT2D eigenvalue weighted by Crippen LogP contribution is -2.40. The highest BCUT2D eigenvalue weighted by molar-refractivity contribution is 5.82. The Hall–Kier alpha value is -1.98. The van der Waals surface area contributed by atoms with Gasteiger partial charge in [0.15, 0.2) is 0 Å². The van der Waals surface area contributed by atoms with E-state index < -0.39 is 17.0 Å².